The Labute approximate surface area is 295 Å². The van der Waals surface area contributed by atoms with Crippen molar-refractivity contribution in [3.63, 3.8) is 0 Å². The number of nitrogens with zero attached hydrogens (tertiary/aromatic N) is 6. The number of hydrogen-bond donors (Lipinski definition) is 2. The lowest BCUT2D eigenvalue weighted by Crippen LogP contribution is -2.73. The summed E-state index contributed by atoms with van der Waals surface area (Å²) in [7, 11) is 0. The van der Waals surface area contributed by atoms with Gasteiger partial charge in [0.2, 0.25) is 5.91 Å². The van der Waals surface area contributed by atoms with E-state index >= 15 is 4.39 Å². The van der Waals surface area contributed by atoms with Gasteiger partial charge in [0, 0.05) is 56.0 Å². The van der Waals surface area contributed by atoms with Crippen molar-refractivity contribution in [3.05, 3.63) is 84.3 Å². The molecule has 262 valence electrons. The molecule has 1 spiro atoms. The summed E-state index contributed by atoms with van der Waals surface area (Å²) >= 11 is 0. The third-order valence-electron chi connectivity index (χ3n) is 10.4. The summed E-state index contributed by atoms with van der Waals surface area (Å²) in [6.45, 7) is 9.98. The third-order valence-corrected chi connectivity index (χ3v) is 10.4. The number of nitrogen functional groups attached to an aromatic ring is 1. The highest BCUT2D eigenvalue weighted by atomic mass is 19.1. The molecule has 3 aromatic heterocycles. The number of alkyl carbamates (subject to hydrolysis) is 1. The van der Waals surface area contributed by atoms with Gasteiger partial charge in [-0.15, -0.1) is 0 Å². The Morgan fingerprint density at radius 2 is 1.65 bits per heavy atom. The number of aromatic nitrogens is 4. The molecular formula is C39H41FN8O3. The Bertz CT molecular complexity index is 2170. The van der Waals surface area contributed by atoms with Gasteiger partial charge in [0.25, 0.3) is 0 Å². The number of ether oxygens (including phenoxy) is 1. The first kappa shape index (κ1) is 32.7. The van der Waals surface area contributed by atoms with Crippen LogP contribution in [0.25, 0.3) is 39.5 Å². The molecule has 12 heteroatoms. The molecule has 2 saturated heterocycles. The van der Waals surface area contributed by atoms with E-state index < -0.39 is 17.2 Å². The van der Waals surface area contributed by atoms with Crippen LogP contribution in [0.4, 0.5) is 20.7 Å². The van der Waals surface area contributed by atoms with Crippen molar-refractivity contribution in [3.8, 4) is 28.3 Å². The molecule has 2 amide bonds. The fraction of sp³-hybridized carbons (Fsp3) is 0.359. The molecule has 2 aromatic carbocycles. The number of imidazole rings is 1. The van der Waals surface area contributed by atoms with E-state index in [1.165, 1.54) is 0 Å². The molecule has 51 heavy (non-hydrogen) atoms. The lowest BCUT2D eigenvalue weighted by Gasteiger charge is -2.60. The number of hydrogen-bond acceptors (Lipinski definition) is 8. The highest BCUT2D eigenvalue weighted by Crippen LogP contribution is 2.44. The fourth-order valence-corrected chi connectivity index (χ4v) is 7.67. The van der Waals surface area contributed by atoms with Crippen molar-refractivity contribution >= 4 is 34.7 Å². The quantitative estimate of drug-likeness (QED) is 0.208. The summed E-state index contributed by atoms with van der Waals surface area (Å²) in [4.78, 5) is 42.7. The summed E-state index contributed by atoms with van der Waals surface area (Å²) in [5.74, 6) is 0.622. The van der Waals surface area contributed by atoms with Crippen LogP contribution in [0.2, 0.25) is 0 Å². The Morgan fingerprint density at radius 3 is 2.29 bits per heavy atom. The SMILES string of the molecule is CC(=O)N1CC2(C1)CN(c1cccc(-c3ccc4nc(-c5cccnc5N)n(-c5ccc(C6(NC(=O)OC(C)(C)C)CCC6)cc5)c4n3)c1F)C2. The maximum Gasteiger partial charge on any atom is 0.408 e. The Hall–Kier alpha value is -5.52. The Balaban J connectivity index is 1.15. The zero-order chi connectivity index (χ0) is 35.7. The van der Waals surface area contributed by atoms with Crippen LogP contribution in [0.5, 0.6) is 0 Å². The number of anilines is 2. The average Bonchev–Trinajstić information content (AvgIpc) is 3.40. The van der Waals surface area contributed by atoms with Crippen molar-refractivity contribution in [2.24, 2.45) is 5.41 Å². The number of nitrogens with two attached hydrogens (primary N) is 1. The third kappa shape index (κ3) is 5.72. The van der Waals surface area contributed by atoms with Gasteiger partial charge in [-0.2, -0.15) is 0 Å². The number of halogens is 1. The fourth-order valence-electron chi connectivity index (χ4n) is 7.67. The molecule has 5 aromatic rings. The van der Waals surface area contributed by atoms with Gasteiger partial charge in [-0.25, -0.2) is 24.1 Å². The molecule has 0 radical (unpaired) electrons. The van der Waals surface area contributed by atoms with E-state index in [1.807, 2.05) is 83.7 Å². The van der Waals surface area contributed by atoms with Crippen LogP contribution >= 0.6 is 0 Å². The van der Waals surface area contributed by atoms with Gasteiger partial charge >= 0.3 is 6.09 Å². The summed E-state index contributed by atoms with van der Waals surface area (Å²) in [6.07, 6.45) is 3.80. The van der Waals surface area contributed by atoms with E-state index in [-0.39, 0.29) is 17.1 Å². The first-order valence-corrected chi connectivity index (χ1v) is 17.4. The second-order valence-electron chi connectivity index (χ2n) is 15.2. The summed E-state index contributed by atoms with van der Waals surface area (Å²) in [5, 5.41) is 3.13. The topological polar surface area (TPSA) is 132 Å². The van der Waals surface area contributed by atoms with Gasteiger partial charge in [0.05, 0.1) is 22.5 Å². The van der Waals surface area contributed by atoms with Crippen molar-refractivity contribution < 1.29 is 18.7 Å². The van der Waals surface area contributed by atoms with E-state index in [9.17, 15) is 9.59 Å². The summed E-state index contributed by atoms with van der Waals surface area (Å²) in [5.41, 5.74) is 10.2. The van der Waals surface area contributed by atoms with Gasteiger partial charge < -0.3 is 25.6 Å². The molecule has 1 aliphatic carbocycles. The van der Waals surface area contributed by atoms with Gasteiger partial charge in [-0.3, -0.25) is 9.36 Å². The van der Waals surface area contributed by atoms with Crippen LogP contribution in [0.1, 0.15) is 52.5 Å². The van der Waals surface area contributed by atoms with E-state index in [2.05, 4.69) is 10.3 Å². The minimum absolute atomic E-state index is 0.0436. The monoisotopic (exact) mass is 688 g/mol. The minimum atomic E-state index is -0.602. The molecule has 2 aliphatic heterocycles. The van der Waals surface area contributed by atoms with Crippen molar-refractivity contribution in [2.45, 2.75) is 58.1 Å². The van der Waals surface area contributed by atoms with Gasteiger partial charge in [0.1, 0.15) is 16.9 Å². The molecule has 0 bridgehead atoms. The maximum absolute atomic E-state index is 16.3. The maximum atomic E-state index is 16.3. The molecule has 3 fully saturated rings. The Kier molecular flexibility index (Phi) is 7.55. The van der Waals surface area contributed by atoms with E-state index in [0.29, 0.717) is 71.5 Å². The predicted octanol–water partition coefficient (Wildman–Crippen LogP) is 6.44. The van der Waals surface area contributed by atoms with Crippen LogP contribution in [0.3, 0.4) is 0 Å². The number of carbonyl (C=O) groups is 2. The first-order chi connectivity index (χ1) is 24.3. The van der Waals surface area contributed by atoms with Crippen LogP contribution < -0.4 is 16.0 Å². The molecule has 3 N–H and O–H groups in total. The zero-order valence-corrected chi connectivity index (χ0v) is 29.2. The molecule has 3 aliphatic rings. The van der Waals surface area contributed by atoms with E-state index in [0.717, 1.165) is 30.5 Å². The smallest absolute Gasteiger partial charge is 0.408 e. The van der Waals surface area contributed by atoms with Gasteiger partial charge in [-0.05, 0) is 94.1 Å². The molecule has 0 atom stereocenters. The highest BCUT2D eigenvalue weighted by Gasteiger charge is 2.53. The number of likely N-dealkylation sites (tertiary alicyclic amines) is 1. The highest BCUT2D eigenvalue weighted by molar-refractivity contribution is 5.85. The number of benzene rings is 2. The standard InChI is InChI=1S/C39H41FN8O3/c1-24(49)46-20-38(21-46)22-47(23-38)31-10-5-8-27(32(31)40)29-15-16-30-35(43-29)48(34(44-30)28-9-6-19-42-33(28)41)26-13-11-25(12-14-26)39(17-7-18-39)45-36(50)51-37(2,3)4/h5-6,8-16,19H,7,17-18,20-23H2,1-4H3,(H2,41,42)(H,45,50). The molecule has 8 rings (SSSR count). The van der Waals surface area contributed by atoms with E-state index in [4.69, 9.17) is 20.4 Å². The number of pyridine rings is 2. The van der Waals surface area contributed by atoms with Gasteiger partial charge in [-0.1, -0.05) is 18.2 Å². The molecular weight excluding hydrogens is 647 g/mol. The van der Waals surface area contributed by atoms with E-state index in [1.54, 1.807) is 31.3 Å². The number of fused-ring (bicyclic) bond motifs is 1. The number of nitrogens with one attached hydrogen (secondary N) is 1. The number of carbonyl (C=O) groups excluding carboxylic acids is 2. The number of amides is 2. The molecule has 1 saturated carbocycles. The minimum Gasteiger partial charge on any atom is -0.444 e. The first-order valence-electron chi connectivity index (χ1n) is 17.4. The predicted molar refractivity (Wildman–Crippen MR) is 194 cm³/mol. The van der Waals surface area contributed by atoms with Crippen LogP contribution in [0, 0.1) is 11.2 Å². The summed E-state index contributed by atoms with van der Waals surface area (Å²) < 4.78 is 23.8. The van der Waals surface area contributed by atoms with Crippen LogP contribution in [-0.2, 0) is 15.1 Å². The lowest BCUT2D eigenvalue weighted by molar-refractivity contribution is -0.142. The normalized spacial score (nSPS) is 17.4. The zero-order valence-electron chi connectivity index (χ0n) is 29.2. The van der Waals surface area contributed by atoms with Crippen molar-refractivity contribution in [1.29, 1.82) is 0 Å². The second kappa shape index (κ2) is 11.8. The molecule has 0 unspecified atom stereocenters. The molecule has 5 heterocycles. The van der Waals surface area contributed by atoms with Crippen LogP contribution in [-0.4, -0.2) is 68.2 Å². The van der Waals surface area contributed by atoms with Crippen LogP contribution in [0.15, 0.2) is 72.9 Å². The largest absolute Gasteiger partial charge is 0.444 e. The lowest BCUT2D eigenvalue weighted by atomic mass is 9.72. The second-order valence-corrected chi connectivity index (χ2v) is 15.2. The van der Waals surface area contributed by atoms with Gasteiger partial charge in [0.15, 0.2) is 17.3 Å². The molecule has 11 nitrogen and oxygen atoms in total. The number of rotatable bonds is 6. The van der Waals surface area contributed by atoms with Crippen molar-refractivity contribution in [2.75, 3.05) is 36.8 Å². The summed E-state index contributed by atoms with van der Waals surface area (Å²) in [6, 6.07) is 20.7. The van der Waals surface area contributed by atoms with Crippen molar-refractivity contribution in [1.82, 2.24) is 29.7 Å². The average molecular weight is 689 g/mol. The Morgan fingerprint density at radius 1 is 0.922 bits per heavy atom.